The first-order chi connectivity index (χ1) is 11.6. The molecule has 0 N–H and O–H groups in total. The predicted octanol–water partition coefficient (Wildman–Crippen LogP) is 5.26. The second-order valence-corrected chi connectivity index (χ2v) is 5.71. The molecule has 0 amide bonds. The van der Waals surface area contributed by atoms with Gasteiger partial charge in [-0.3, -0.25) is 0 Å². The molecule has 3 nitrogen and oxygen atoms in total. The molecule has 124 valence electrons. The number of nitrogens with zero attached hydrogens (tertiary/aromatic N) is 2. The Morgan fingerprint density at radius 2 is 1.83 bits per heavy atom. The molecule has 0 spiro atoms. The third-order valence-electron chi connectivity index (χ3n) is 3.92. The Morgan fingerprint density at radius 1 is 1.17 bits per heavy atom. The van der Waals surface area contributed by atoms with Gasteiger partial charge in [0.25, 0.3) is 0 Å². The monoisotopic (exact) mass is 340 g/mol. The Balaban J connectivity index is 2.43. The van der Waals surface area contributed by atoms with Gasteiger partial charge in [0.2, 0.25) is 0 Å². The van der Waals surface area contributed by atoms with Crippen molar-refractivity contribution in [3.8, 4) is 11.8 Å². The fourth-order valence-electron chi connectivity index (χ4n) is 2.57. The van der Waals surface area contributed by atoms with E-state index in [-0.39, 0.29) is 0 Å². The summed E-state index contributed by atoms with van der Waals surface area (Å²) >= 11 is 5.91. The number of benzene rings is 2. The molecule has 0 aromatic heterocycles. The molecular formula is C20H21ClN2O. The molecule has 2 aromatic rings. The quantitative estimate of drug-likeness (QED) is 0.531. The molecule has 0 saturated heterocycles. The molecule has 0 bridgehead atoms. The van der Waals surface area contributed by atoms with E-state index >= 15 is 0 Å². The van der Waals surface area contributed by atoms with Gasteiger partial charge in [-0.2, -0.15) is 5.26 Å². The fourth-order valence-corrected chi connectivity index (χ4v) is 2.70. The highest BCUT2D eigenvalue weighted by molar-refractivity contribution is 6.30. The summed E-state index contributed by atoms with van der Waals surface area (Å²) in [6, 6.07) is 15.5. The second kappa shape index (κ2) is 8.42. The standard InChI is InChI=1S/C20H21ClN2O/c1-4-23(5-2)19-11-8-16(20(13-19)24-3)12-17(14-22)15-6-9-18(21)10-7-15/h6-13H,4-5H2,1-3H3. The van der Waals surface area contributed by atoms with Crippen LogP contribution in [0.4, 0.5) is 5.69 Å². The first-order valence-electron chi connectivity index (χ1n) is 7.93. The van der Waals surface area contributed by atoms with Crippen molar-refractivity contribution in [1.82, 2.24) is 0 Å². The first-order valence-corrected chi connectivity index (χ1v) is 8.31. The Hall–Kier alpha value is -2.44. The molecule has 2 aromatic carbocycles. The minimum Gasteiger partial charge on any atom is -0.496 e. The number of hydrogen-bond acceptors (Lipinski definition) is 3. The molecule has 0 aliphatic heterocycles. The average molecular weight is 341 g/mol. The van der Waals surface area contributed by atoms with Gasteiger partial charge in [-0.15, -0.1) is 0 Å². The number of methoxy groups -OCH3 is 1. The van der Waals surface area contributed by atoms with Gasteiger partial charge in [-0.05, 0) is 49.8 Å². The topological polar surface area (TPSA) is 36.3 Å². The van der Waals surface area contributed by atoms with Gasteiger partial charge in [0.1, 0.15) is 5.75 Å². The molecule has 0 fully saturated rings. The smallest absolute Gasteiger partial charge is 0.128 e. The van der Waals surface area contributed by atoms with Crippen molar-refractivity contribution in [2.45, 2.75) is 13.8 Å². The summed E-state index contributed by atoms with van der Waals surface area (Å²) in [5.74, 6) is 0.751. The highest BCUT2D eigenvalue weighted by atomic mass is 35.5. The van der Waals surface area contributed by atoms with Crippen LogP contribution in [0.2, 0.25) is 5.02 Å². The molecular weight excluding hydrogens is 320 g/mol. The van der Waals surface area contributed by atoms with Crippen LogP contribution in [0.25, 0.3) is 11.6 Å². The maximum atomic E-state index is 9.49. The van der Waals surface area contributed by atoms with E-state index in [1.807, 2.05) is 30.3 Å². The summed E-state index contributed by atoms with van der Waals surface area (Å²) in [6.45, 7) is 6.11. The SMILES string of the molecule is CCN(CC)c1ccc(C=C(C#N)c2ccc(Cl)cc2)c(OC)c1. The summed E-state index contributed by atoms with van der Waals surface area (Å²) in [5, 5.41) is 10.1. The van der Waals surface area contributed by atoms with Crippen molar-refractivity contribution in [2.75, 3.05) is 25.1 Å². The third kappa shape index (κ3) is 4.10. The number of nitriles is 1. The van der Waals surface area contributed by atoms with Gasteiger partial charge in [0.05, 0.1) is 18.8 Å². The normalized spacial score (nSPS) is 11.0. The zero-order chi connectivity index (χ0) is 17.5. The lowest BCUT2D eigenvalue weighted by Crippen LogP contribution is -2.21. The van der Waals surface area contributed by atoms with Gasteiger partial charge in [0.15, 0.2) is 0 Å². The summed E-state index contributed by atoms with van der Waals surface area (Å²) in [7, 11) is 1.65. The fraction of sp³-hybridized carbons (Fsp3) is 0.250. The summed E-state index contributed by atoms with van der Waals surface area (Å²) in [4.78, 5) is 2.25. The maximum absolute atomic E-state index is 9.49. The number of rotatable bonds is 6. The minimum atomic E-state index is 0.570. The van der Waals surface area contributed by atoms with Crippen molar-refractivity contribution in [1.29, 1.82) is 5.26 Å². The van der Waals surface area contributed by atoms with Crippen molar-refractivity contribution in [3.05, 3.63) is 58.6 Å². The van der Waals surface area contributed by atoms with Gasteiger partial charge in [0, 0.05) is 35.4 Å². The van der Waals surface area contributed by atoms with E-state index in [1.165, 1.54) is 0 Å². The number of allylic oxidation sites excluding steroid dienone is 1. The van der Waals surface area contributed by atoms with Crippen LogP contribution in [0.5, 0.6) is 5.75 Å². The van der Waals surface area contributed by atoms with E-state index < -0.39 is 0 Å². The number of anilines is 1. The van der Waals surface area contributed by atoms with E-state index in [0.717, 1.165) is 35.7 Å². The molecule has 2 rings (SSSR count). The summed E-state index contributed by atoms with van der Waals surface area (Å²) in [5.41, 5.74) is 3.39. The lowest BCUT2D eigenvalue weighted by Gasteiger charge is -2.22. The van der Waals surface area contributed by atoms with Crippen LogP contribution in [0.15, 0.2) is 42.5 Å². The van der Waals surface area contributed by atoms with Gasteiger partial charge in [-0.1, -0.05) is 23.7 Å². The number of hydrogen-bond donors (Lipinski definition) is 0. The second-order valence-electron chi connectivity index (χ2n) is 5.28. The first kappa shape index (κ1) is 17.9. The van der Waals surface area contributed by atoms with E-state index in [4.69, 9.17) is 16.3 Å². The summed E-state index contributed by atoms with van der Waals surface area (Å²) < 4.78 is 5.52. The molecule has 4 heteroatoms. The predicted molar refractivity (Wildman–Crippen MR) is 101 cm³/mol. The van der Waals surface area contributed by atoms with Crippen LogP contribution in [0.1, 0.15) is 25.0 Å². The molecule has 0 unspecified atom stereocenters. The van der Waals surface area contributed by atoms with Crippen LogP contribution in [-0.2, 0) is 0 Å². The third-order valence-corrected chi connectivity index (χ3v) is 4.17. The molecule has 0 radical (unpaired) electrons. The van der Waals surface area contributed by atoms with E-state index in [0.29, 0.717) is 10.6 Å². The van der Waals surface area contributed by atoms with Gasteiger partial charge in [-0.25, -0.2) is 0 Å². The molecule has 0 atom stereocenters. The van der Waals surface area contributed by atoms with Crippen LogP contribution < -0.4 is 9.64 Å². The minimum absolute atomic E-state index is 0.570. The molecule has 0 aliphatic carbocycles. The molecule has 0 saturated carbocycles. The Labute approximate surface area is 148 Å². The van der Waals surface area contributed by atoms with Crippen LogP contribution in [-0.4, -0.2) is 20.2 Å². The number of ether oxygens (including phenoxy) is 1. The zero-order valence-corrected chi connectivity index (χ0v) is 15.0. The number of halogens is 1. The summed E-state index contributed by atoms with van der Waals surface area (Å²) in [6.07, 6.45) is 1.84. The van der Waals surface area contributed by atoms with E-state index in [2.05, 4.69) is 30.9 Å². The highest BCUT2D eigenvalue weighted by Crippen LogP contribution is 2.29. The van der Waals surface area contributed by atoms with Crippen LogP contribution in [0, 0.1) is 11.3 Å². The van der Waals surface area contributed by atoms with Gasteiger partial charge >= 0.3 is 0 Å². The Morgan fingerprint density at radius 3 is 2.38 bits per heavy atom. The van der Waals surface area contributed by atoms with Crippen molar-refractivity contribution >= 4 is 28.9 Å². The average Bonchev–Trinajstić information content (AvgIpc) is 2.62. The Bertz CT molecular complexity index is 756. The molecule has 0 aliphatic rings. The van der Waals surface area contributed by atoms with Crippen molar-refractivity contribution in [3.63, 3.8) is 0 Å². The van der Waals surface area contributed by atoms with E-state index in [1.54, 1.807) is 19.2 Å². The van der Waals surface area contributed by atoms with Crippen LogP contribution >= 0.6 is 11.6 Å². The van der Waals surface area contributed by atoms with Crippen LogP contribution in [0.3, 0.4) is 0 Å². The Kier molecular flexibility index (Phi) is 6.28. The highest BCUT2D eigenvalue weighted by Gasteiger charge is 2.09. The zero-order valence-electron chi connectivity index (χ0n) is 14.2. The maximum Gasteiger partial charge on any atom is 0.128 e. The van der Waals surface area contributed by atoms with E-state index in [9.17, 15) is 5.26 Å². The molecule has 24 heavy (non-hydrogen) atoms. The van der Waals surface area contributed by atoms with Crippen molar-refractivity contribution in [2.24, 2.45) is 0 Å². The molecule has 0 heterocycles. The largest absolute Gasteiger partial charge is 0.496 e. The van der Waals surface area contributed by atoms with Gasteiger partial charge < -0.3 is 9.64 Å². The lowest BCUT2D eigenvalue weighted by atomic mass is 10.0. The van der Waals surface area contributed by atoms with Crippen molar-refractivity contribution < 1.29 is 4.74 Å². The lowest BCUT2D eigenvalue weighted by molar-refractivity contribution is 0.414.